The SMILES string of the molecule is Cc1c(C(=O)NC2CN3CCC2CC3)cnn1CCCN. The molecule has 1 unspecified atom stereocenters. The molecule has 4 heterocycles. The number of hydrogen-bond acceptors (Lipinski definition) is 4. The number of hydrogen-bond donors (Lipinski definition) is 2. The van der Waals surface area contributed by atoms with Gasteiger partial charge in [0.2, 0.25) is 0 Å². The Morgan fingerprint density at radius 3 is 2.86 bits per heavy atom. The number of nitrogens with two attached hydrogens (primary N) is 1. The maximum Gasteiger partial charge on any atom is 0.255 e. The number of aromatic nitrogens is 2. The topological polar surface area (TPSA) is 76.2 Å². The molecule has 0 aromatic carbocycles. The van der Waals surface area contributed by atoms with Gasteiger partial charge in [0, 0.05) is 24.8 Å². The van der Waals surface area contributed by atoms with Crippen molar-refractivity contribution in [3.63, 3.8) is 0 Å². The van der Waals surface area contributed by atoms with Gasteiger partial charge in [-0.15, -0.1) is 0 Å². The number of nitrogens with one attached hydrogen (secondary N) is 1. The van der Waals surface area contributed by atoms with Crippen LogP contribution in [0.4, 0.5) is 0 Å². The summed E-state index contributed by atoms with van der Waals surface area (Å²) in [4.78, 5) is 14.9. The Balaban J connectivity index is 1.64. The van der Waals surface area contributed by atoms with Crippen LogP contribution in [0.2, 0.25) is 0 Å². The number of piperidine rings is 3. The molecule has 0 radical (unpaired) electrons. The second kappa shape index (κ2) is 6.15. The van der Waals surface area contributed by atoms with Crippen molar-refractivity contribution < 1.29 is 4.79 Å². The van der Waals surface area contributed by atoms with Crippen molar-refractivity contribution in [3.05, 3.63) is 17.5 Å². The fourth-order valence-electron chi connectivity index (χ4n) is 3.51. The third-order valence-electron chi connectivity index (χ3n) is 4.89. The smallest absolute Gasteiger partial charge is 0.255 e. The van der Waals surface area contributed by atoms with Crippen LogP contribution in [-0.4, -0.2) is 52.8 Å². The Bertz CT molecular complexity index is 504. The summed E-state index contributed by atoms with van der Waals surface area (Å²) in [5.74, 6) is 0.664. The molecule has 0 aliphatic carbocycles. The van der Waals surface area contributed by atoms with E-state index in [0.29, 0.717) is 24.1 Å². The van der Waals surface area contributed by atoms with Gasteiger partial charge in [-0.05, 0) is 51.7 Å². The molecule has 1 aromatic heterocycles. The van der Waals surface area contributed by atoms with Crippen molar-refractivity contribution in [1.29, 1.82) is 0 Å². The first-order valence-electron chi connectivity index (χ1n) is 7.94. The fraction of sp³-hybridized carbons (Fsp3) is 0.733. The van der Waals surface area contributed by atoms with Crippen LogP contribution in [0.25, 0.3) is 0 Å². The van der Waals surface area contributed by atoms with Gasteiger partial charge in [-0.3, -0.25) is 9.48 Å². The summed E-state index contributed by atoms with van der Waals surface area (Å²) >= 11 is 0. The predicted molar refractivity (Wildman–Crippen MR) is 81.1 cm³/mol. The normalized spacial score (nSPS) is 27.8. The number of carbonyl (C=O) groups excluding carboxylic acids is 1. The lowest BCUT2D eigenvalue weighted by Crippen LogP contribution is -2.57. The molecule has 116 valence electrons. The van der Waals surface area contributed by atoms with E-state index in [1.54, 1.807) is 6.20 Å². The minimum atomic E-state index is 0.0187. The van der Waals surface area contributed by atoms with Crippen molar-refractivity contribution in [2.75, 3.05) is 26.2 Å². The van der Waals surface area contributed by atoms with E-state index < -0.39 is 0 Å². The molecule has 21 heavy (non-hydrogen) atoms. The third-order valence-corrected chi connectivity index (χ3v) is 4.89. The molecular weight excluding hydrogens is 266 g/mol. The molecule has 3 N–H and O–H groups in total. The lowest BCUT2D eigenvalue weighted by atomic mass is 9.84. The summed E-state index contributed by atoms with van der Waals surface area (Å²) in [5.41, 5.74) is 7.16. The van der Waals surface area contributed by atoms with Crippen molar-refractivity contribution in [2.45, 2.75) is 38.8 Å². The molecule has 1 amide bonds. The molecule has 3 aliphatic rings. The van der Waals surface area contributed by atoms with Crippen molar-refractivity contribution in [1.82, 2.24) is 20.0 Å². The zero-order valence-electron chi connectivity index (χ0n) is 12.7. The number of aryl methyl sites for hydroxylation is 1. The van der Waals surface area contributed by atoms with Crippen LogP contribution in [0.5, 0.6) is 0 Å². The molecule has 1 aromatic rings. The highest BCUT2D eigenvalue weighted by atomic mass is 16.1. The van der Waals surface area contributed by atoms with Gasteiger partial charge < -0.3 is 16.0 Å². The van der Waals surface area contributed by atoms with Gasteiger partial charge in [-0.1, -0.05) is 0 Å². The first-order chi connectivity index (χ1) is 10.2. The summed E-state index contributed by atoms with van der Waals surface area (Å²) in [6.07, 6.45) is 4.98. The highest BCUT2D eigenvalue weighted by molar-refractivity contribution is 5.95. The number of fused-ring (bicyclic) bond motifs is 3. The fourth-order valence-corrected chi connectivity index (χ4v) is 3.51. The van der Waals surface area contributed by atoms with Crippen LogP contribution in [0.1, 0.15) is 35.3 Å². The molecule has 0 spiro atoms. The minimum absolute atomic E-state index is 0.0187. The molecule has 3 fully saturated rings. The van der Waals surface area contributed by atoms with Crippen LogP contribution >= 0.6 is 0 Å². The summed E-state index contributed by atoms with van der Waals surface area (Å²) in [5, 5.41) is 7.52. The zero-order valence-corrected chi connectivity index (χ0v) is 12.7. The predicted octanol–water partition coefficient (Wildman–Crippen LogP) is 0.364. The Morgan fingerprint density at radius 2 is 2.24 bits per heavy atom. The number of carbonyl (C=O) groups is 1. The van der Waals surface area contributed by atoms with Crippen molar-refractivity contribution in [2.24, 2.45) is 11.7 Å². The van der Waals surface area contributed by atoms with Crippen LogP contribution in [0, 0.1) is 12.8 Å². The maximum atomic E-state index is 12.5. The molecule has 6 nitrogen and oxygen atoms in total. The molecule has 3 aliphatic heterocycles. The Hall–Kier alpha value is -1.40. The van der Waals surface area contributed by atoms with Crippen LogP contribution in [-0.2, 0) is 6.54 Å². The van der Waals surface area contributed by atoms with E-state index in [9.17, 15) is 4.79 Å². The number of rotatable bonds is 5. The first kappa shape index (κ1) is 14.5. The largest absolute Gasteiger partial charge is 0.348 e. The highest BCUT2D eigenvalue weighted by Crippen LogP contribution is 2.27. The Kier molecular flexibility index (Phi) is 4.26. The average Bonchev–Trinajstić information content (AvgIpc) is 2.87. The second-order valence-corrected chi connectivity index (χ2v) is 6.23. The summed E-state index contributed by atoms with van der Waals surface area (Å²) < 4.78 is 1.87. The molecule has 2 bridgehead atoms. The maximum absolute atomic E-state index is 12.5. The summed E-state index contributed by atoms with van der Waals surface area (Å²) in [7, 11) is 0. The molecule has 4 rings (SSSR count). The van der Waals surface area contributed by atoms with E-state index in [1.165, 1.54) is 25.9 Å². The molecule has 0 saturated carbocycles. The summed E-state index contributed by atoms with van der Waals surface area (Å²) in [6.45, 7) is 6.74. The number of nitrogens with zero attached hydrogens (tertiary/aromatic N) is 3. The number of amides is 1. The van der Waals surface area contributed by atoms with Gasteiger partial charge in [0.1, 0.15) is 0 Å². The Morgan fingerprint density at radius 1 is 1.48 bits per heavy atom. The Labute approximate surface area is 125 Å². The highest BCUT2D eigenvalue weighted by Gasteiger charge is 2.35. The standard InChI is InChI=1S/C15H25N5O/c1-11-13(9-17-20(11)6-2-5-16)15(21)18-14-10-19-7-3-12(14)4-8-19/h9,12,14H,2-8,10,16H2,1H3,(H,18,21). The van der Waals surface area contributed by atoms with E-state index in [-0.39, 0.29) is 5.91 Å². The third kappa shape index (κ3) is 2.96. The van der Waals surface area contributed by atoms with E-state index >= 15 is 0 Å². The van der Waals surface area contributed by atoms with Crippen LogP contribution < -0.4 is 11.1 Å². The molecule has 6 heteroatoms. The van der Waals surface area contributed by atoms with E-state index in [4.69, 9.17) is 5.73 Å². The monoisotopic (exact) mass is 291 g/mol. The van der Waals surface area contributed by atoms with Gasteiger partial charge in [-0.25, -0.2) is 0 Å². The van der Waals surface area contributed by atoms with E-state index in [1.807, 2.05) is 11.6 Å². The summed E-state index contributed by atoms with van der Waals surface area (Å²) in [6, 6.07) is 0.298. The molecule has 3 saturated heterocycles. The van der Waals surface area contributed by atoms with Crippen LogP contribution in [0.15, 0.2) is 6.20 Å². The van der Waals surface area contributed by atoms with Gasteiger partial charge in [-0.2, -0.15) is 5.10 Å². The van der Waals surface area contributed by atoms with Gasteiger partial charge >= 0.3 is 0 Å². The van der Waals surface area contributed by atoms with Crippen LogP contribution in [0.3, 0.4) is 0 Å². The van der Waals surface area contributed by atoms with Crippen molar-refractivity contribution >= 4 is 5.91 Å². The molecule has 1 atom stereocenters. The minimum Gasteiger partial charge on any atom is -0.348 e. The van der Waals surface area contributed by atoms with Gasteiger partial charge in [0.25, 0.3) is 5.91 Å². The van der Waals surface area contributed by atoms with Gasteiger partial charge in [0.05, 0.1) is 11.8 Å². The second-order valence-electron chi connectivity index (χ2n) is 6.23. The van der Waals surface area contributed by atoms with Crippen molar-refractivity contribution in [3.8, 4) is 0 Å². The molecular formula is C15H25N5O. The van der Waals surface area contributed by atoms with Gasteiger partial charge in [0.15, 0.2) is 0 Å². The first-order valence-corrected chi connectivity index (χ1v) is 7.94. The van der Waals surface area contributed by atoms with E-state index in [0.717, 1.165) is 25.2 Å². The quantitative estimate of drug-likeness (QED) is 0.821. The lowest BCUT2D eigenvalue weighted by molar-refractivity contribution is 0.0620. The van der Waals surface area contributed by atoms with E-state index in [2.05, 4.69) is 15.3 Å². The average molecular weight is 291 g/mol. The lowest BCUT2D eigenvalue weighted by Gasteiger charge is -2.44. The zero-order chi connectivity index (χ0) is 14.8.